The van der Waals surface area contributed by atoms with Gasteiger partial charge in [0, 0.05) is 17.8 Å². The van der Waals surface area contributed by atoms with Gasteiger partial charge in [-0.05, 0) is 68.7 Å². The predicted molar refractivity (Wildman–Crippen MR) is 123 cm³/mol. The summed E-state index contributed by atoms with van der Waals surface area (Å²) in [4.78, 5) is 32.2. The van der Waals surface area contributed by atoms with Crippen LogP contribution < -0.4 is 10.2 Å². The minimum absolute atomic E-state index is 0.172. The summed E-state index contributed by atoms with van der Waals surface area (Å²) in [6.07, 6.45) is 5.68. The van der Waals surface area contributed by atoms with E-state index in [1.165, 1.54) is 11.0 Å². The summed E-state index contributed by atoms with van der Waals surface area (Å²) in [7, 11) is 0. The van der Waals surface area contributed by atoms with Gasteiger partial charge >= 0.3 is 0 Å². The molecule has 1 aliphatic heterocycles. The van der Waals surface area contributed by atoms with Crippen molar-refractivity contribution in [2.24, 2.45) is 5.92 Å². The van der Waals surface area contributed by atoms with Gasteiger partial charge in [-0.15, -0.1) is 0 Å². The third-order valence-corrected chi connectivity index (χ3v) is 7.74. The molecule has 0 atom stereocenters. The molecule has 3 aliphatic rings. The van der Waals surface area contributed by atoms with E-state index in [0.717, 1.165) is 23.1 Å². The number of aromatic amines is 1. The quantitative estimate of drug-likeness (QED) is 0.520. The molecule has 2 fully saturated rings. The van der Waals surface area contributed by atoms with Gasteiger partial charge in [-0.25, -0.2) is 9.37 Å². The van der Waals surface area contributed by atoms with E-state index in [4.69, 9.17) is 0 Å². The number of amides is 2. The zero-order chi connectivity index (χ0) is 23.5. The standard InChI is InChI=1S/C25H26FN5O3/c26-17-3-1-4-20-22(17)25(23(33)31(20)13-21(32)27-14-24(34)7-2-8-24)10-15(11-25)9-16-5-6-18-19(29-16)12-28-30-18/h1,3-6,12,15,34H,2,7-11,13-14H2,(H,27,32)(H,28,30). The van der Waals surface area contributed by atoms with Gasteiger partial charge in [-0.3, -0.25) is 14.7 Å². The molecular weight excluding hydrogens is 437 g/mol. The molecule has 3 N–H and O–H groups in total. The molecule has 176 valence electrons. The van der Waals surface area contributed by atoms with Crippen LogP contribution in [-0.2, 0) is 21.4 Å². The molecule has 0 radical (unpaired) electrons. The largest absolute Gasteiger partial charge is 0.388 e. The number of hydrogen-bond acceptors (Lipinski definition) is 5. The van der Waals surface area contributed by atoms with Crippen LogP contribution >= 0.6 is 0 Å². The minimum atomic E-state index is -0.933. The molecule has 3 aromatic rings. The lowest BCUT2D eigenvalue weighted by Crippen LogP contribution is -2.53. The highest BCUT2D eigenvalue weighted by Crippen LogP contribution is 2.57. The van der Waals surface area contributed by atoms with Gasteiger partial charge in [-0.2, -0.15) is 5.10 Å². The first-order valence-electron chi connectivity index (χ1n) is 11.8. The summed E-state index contributed by atoms with van der Waals surface area (Å²) in [5.74, 6) is -0.794. The smallest absolute Gasteiger partial charge is 0.240 e. The van der Waals surface area contributed by atoms with Crippen molar-refractivity contribution in [3.8, 4) is 0 Å². The van der Waals surface area contributed by atoms with E-state index in [2.05, 4.69) is 20.5 Å². The molecule has 1 aromatic carbocycles. The Bertz CT molecular complexity index is 1290. The van der Waals surface area contributed by atoms with E-state index in [-0.39, 0.29) is 30.8 Å². The molecule has 6 rings (SSSR count). The van der Waals surface area contributed by atoms with Crippen LogP contribution in [0, 0.1) is 11.7 Å². The Morgan fingerprint density at radius 2 is 2.09 bits per heavy atom. The van der Waals surface area contributed by atoms with Gasteiger partial charge in [0.15, 0.2) is 0 Å². The van der Waals surface area contributed by atoms with E-state index in [1.807, 2.05) is 12.1 Å². The summed E-state index contributed by atoms with van der Waals surface area (Å²) in [5.41, 5.74) is 1.68. The van der Waals surface area contributed by atoms with Gasteiger partial charge in [0.2, 0.25) is 11.8 Å². The van der Waals surface area contributed by atoms with E-state index < -0.39 is 16.8 Å². The zero-order valence-electron chi connectivity index (χ0n) is 18.7. The van der Waals surface area contributed by atoms with Gasteiger partial charge in [-0.1, -0.05) is 6.07 Å². The first kappa shape index (κ1) is 21.2. The number of rotatable bonds is 6. The van der Waals surface area contributed by atoms with Crippen molar-refractivity contribution in [3.63, 3.8) is 0 Å². The molecule has 34 heavy (non-hydrogen) atoms. The van der Waals surface area contributed by atoms with Crippen LogP contribution in [0.5, 0.6) is 0 Å². The molecule has 0 unspecified atom stereocenters. The number of carbonyl (C=O) groups is 2. The van der Waals surface area contributed by atoms with E-state index in [0.29, 0.717) is 43.4 Å². The number of pyridine rings is 1. The molecule has 0 bridgehead atoms. The van der Waals surface area contributed by atoms with E-state index in [1.54, 1.807) is 18.3 Å². The molecule has 3 heterocycles. The van der Waals surface area contributed by atoms with Crippen molar-refractivity contribution in [2.75, 3.05) is 18.0 Å². The van der Waals surface area contributed by atoms with Gasteiger partial charge in [0.25, 0.3) is 0 Å². The van der Waals surface area contributed by atoms with Crippen LogP contribution in [0.25, 0.3) is 11.0 Å². The fourth-order valence-corrected chi connectivity index (χ4v) is 5.80. The second-order valence-corrected chi connectivity index (χ2v) is 10.0. The number of carbonyl (C=O) groups excluding carboxylic acids is 2. The first-order valence-corrected chi connectivity index (χ1v) is 11.8. The molecule has 2 amide bonds. The van der Waals surface area contributed by atoms with Crippen LogP contribution in [0.15, 0.2) is 36.5 Å². The number of benzene rings is 1. The molecule has 2 aromatic heterocycles. The lowest BCUT2D eigenvalue weighted by atomic mass is 9.58. The van der Waals surface area contributed by atoms with Crippen molar-refractivity contribution in [1.82, 2.24) is 20.5 Å². The maximum Gasteiger partial charge on any atom is 0.240 e. The predicted octanol–water partition coefficient (Wildman–Crippen LogP) is 2.37. The van der Waals surface area contributed by atoms with Gasteiger partial charge in [0.1, 0.15) is 17.9 Å². The maximum atomic E-state index is 15.0. The number of H-pyrrole nitrogens is 1. The second-order valence-electron chi connectivity index (χ2n) is 10.0. The Morgan fingerprint density at radius 3 is 2.85 bits per heavy atom. The Balaban J connectivity index is 1.19. The molecule has 0 saturated heterocycles. The van der Waals surface area contributed by atoms with Crippen LogP contribution in [-0.4, -0.2) is 50.8 Å². The summed E-state index contributed by atoms with van der Waals surface area (Å²) < 4.78 is 15.0. The third-order valence-electron chi connectivity index (χ3n) is 7.74. The Hall–Kier alpha value is -3.33. The number of nitrogens with one attached hydrogen (secondary N) is 2. The lowest BCUT2D eigenvalue weighted by molar-refractivity contribution is -0.130. The molecule has 9 heteroatoms. The number of anilines is 1. The summed E-state index contributed by atoms with van der Waals surface area (Å²) in [5, 5.41) is 19.9. The normalized spacial score (nSPS) is 24.7. The number of hydrogen-bond donors (Lipinski definition) is 3. The second kappa shape index (κ2) is 7.59. The Morgan fingerprint density at radius 1 is 1.26 bits per heavy atom. The van der Waals surface area contributed by atoms with Crippen molar-refractivity contribution >= 4 is 28.5 Å². The summed E-state index contributed by atoms with van der Waals surface area (Å²) in [6, 6.07) is 8.55. The average Bonchev–Trinajstić information content (AvgIpc) is 3.33. The van der Waals surface area contributed by atoms with Gasteiger partial charge < -0.3 is 15.3 Å². The monoisotopic (exact) mass is 463 g/mol. The molecule has 2 aliphatic carbocycles. The first-order chi connectivity index (χ1) is 16.4. The van der Waals surface area contributed by atoms with Crippen molar-refractivity contribution in [2.45, 2.75) is 49.5 Å². The minimum Gasteiger partial charge on any atom is -0.388 e. The number of halogens is 1. The third kappa shape index (κ3) is 3.29. The van der Waals surface area contributed by atoms with Crippen LogP contribution in [0.2, 0.25) is 0 Å². The summed E-state index contributed by atoms with van der Waals surface area (Å²) in [6.45, 7) is -0.0123. The SMILES string of the molecule is O=C(CN1C(=O)C2(CC(Cc3ccc4[nH]ncc4n3)C2)c2c(F)cccc21)NCC1(O)CCC1. The lowest BCUT2D eigenvalue weighted by Gasteiger charge is -2.44. The maximum absolute atomic E-state index is 15.0. The number of aliphatic hydroxyl groups is 1. The highest BCUT2D eigenvalue weighted by atomic mass is 19.1. The van der Waals surface area contributed by atoms with Crippen molar-refractivity contribution < 1.29 is 19.1 Å². The molecule has 8 nitrogen and oxygen atoms in total. The number of aromatic nitrogens is 3. The van der Waals surface area contributed by atoms with Gasteiger partial charge in [0.05, 0.1) is 28.4 Å². The van der Waals surface area contributed by atoms with Crippen LogP contribution in [0.3, 0.4) is 0 Å². The fourth-order valence-electron chi connectivity index (χ4n) is 5.80. The zero-order valence-corrected chi connectivity index (χ0v) is 18.7. The van der Waals surface area contributed by atoms with Crippen LogP contribution in [0.4, 0.5) is 10.1 Å². The summed E-state index contributed by atoms with van der Waals surface area (Å²) >= 11 is 0. The Labute approximate surface area is 195 Å². The highest BCUT2D eigenvalue weighted by molar-refractivity contribution is 6.11. The van der Waals surface area contributed by atoms with E-state index >= 15 is 4.39 Å². The number of nitrogens with zero attached hydrogens (tertiary/aromatic N) is 3. The molecular formula is C25H26FN5O3. The van der Waals surface area contributed by atoms with Crippen molar-refractivity contribution in [1.29, 1.82) is 0 Å². The molecule has 2 saturated carbocycles. The number of fused-ring (bicyclic) bond motifs is 3. The Kier molecular flexibility index (Phi) is 4.74. The highest BCUT2D eigenvalue weighted by Gasteiger charge is 2.59. The fraction of sp³-hybridized carbons (Fsp3) is 0.440. The molecule has 1 spiro atoms. The topological polar surface area (TPSA) is 111 Å². The van der Waals surface area contributed by atoms with E-state index in [9.17, 15) is 14.7 Å². The average molecular weight is 464 g/mol. The van der Waals surface area contributed by atoms with Crippen LogP contribution in [0.1, 0.15) is 43.4 Å². The van der Waals surface area contributed by atoms with Crippen molar-refractivity contribution in [3.05, 3.63) is 53.6 Å².